The van der Waals surface area contributed by atoms with Gasteiger partial charge in [-0.15, -0.1) is 0 Å². The first-order valence-electron chi connectivity index (χ1n) is 6.47. The number of aromatic nitrogens is 1. The molecule has 0 aliphatic carbocycles. The van der Waals surface area contributed by atoms with Crippen molar-refractivity contribution in [1.82, 2.24) is 9.88 Å². The number of nitrogens with two attached hydrogens (primary N) is 1. The van der Waals surface area contributed by atoms with Gasteiger partial charge in [-0.05, 0) is 32.4 Å². The second-order valence-electron chi connectivity index (χ2n) is 5.36. The highest BCUT2D eigenvalue weighted by atomic mass is 16.2. The number of amides is 1. The number of hydrogen-bond acceptors (Lipinski definition) is 3. The maximum absolute atomic E-state index is 12.3. The van der Waals surface area contributed by atoms with Gasteiger partial charge in [-0.2, -0.15) is 0 Å². The van der Waals surface area contributed by atoms with E-state index in [-0.39, 0.29) is 11.4 Å². The molecule has 0 bridgehead atoms. The summed E-state index contributed by atoms with van der Waals surface area (Å²) in [5.41, 5.74) is 8.43. The lowest BCUT2D eigenvalue weighted by Gasteiger charge is -2.47. The highest BCUT2D eigenvalue weighted by Gasteiger charge is 2.41. The molecule has 1 aliphatic rings. The molecule has 4 nitrogen and oxygen atoms in total. The molecule has 0 spiro atoms. The van der Waals surface area contributed by atoms with Crippen molar-refractivity contribution in [3.63, 3.8) is 0 Å². The molecule has 98 valence electrons. The maximum Gasteiger partial charge on any atom is 0.255 e. The Kier molecular flexibility index (Phi) is 3.39. The van der Waals surface area contributed by atoms with Gasteiger partial charge in [-0.1, -0.05) is 13.3 Å². The first-order chi connectivity index (χ1) is 8.45. The third-order valence-electron chi connectivity index (χ3n) is 3.50. The van der Waals surface area contributed by atoms with Crippen LogP contribution in [0.15, 0.2) is 12.1 Å². The summed E-state index contributed by atoms with van der Waals surface area (Å²) >= 11 is 0. The summed E-state index contributed by atoms with van der Waals surface area (Å²) in [4.78, 5) is 18.4. The topological polar surface area (TPSA) is 59.2 Å². The number of nitrogens with zero attached hydrogens (tertiary/aromatic N) is 2. The Labute approximate surface area is 108 Å². The molecule has 1 saturated heterocycles. The fourth-order valence-corrected chi connectivity index (χ4v) is 2.60. The molecule has 0 atom stereocenters. The van der Waals surface area contributed by atoms with Crippen LogP contribution in [0, 0.1) is 13.8 Å². The zero-order valence-corrected chi connectivity index (χ0v) is 11.4. The van der Waals surface area contributed by atoms with E-state index in [1.807, 2.05) is 30.9 Å². The van der Waals surface area contributed by atoms with Crippen LogP contribution in [0.4, 0.5) is 0 Å². The van der Waals surface area contributed by atoms with Gasteiger partial charge in [-0.25, -0.2) is 0 Å². The van der Waals surface area contributed by atoms with E-state index in [0.717, 1.165) is 24.2 Å². The molecule has 1 aromatic rings. The van der Waals surface area contributed by atoms with Gasteiger partial charge in [0.15, 0.2) is 0 Å². The Hall–Kier alpha value is -1.42. The largest absolute Gasteiger partial charge is 0.335 e. The number of aryl methyl sites for hydroxylation is 2. The summed E-state index contributed by atoms with van der Waals surface area (Å²) in [5, 5.41) is 0. The maximum atomic E-state index is 12.3. The summed E-state index contributed by atoms with van der Waals surface area (Å²) in [5.74, 6) is 0.0529. The molecular formula is C14H21N3O. The predicted octanol–water partition coefficient (Wildman–Crippen LogP) is 1.65. The van der Waals surface area contributed by atoms with Crippen molar-refractivity contribution >= 4 is 5.91 Å². The normalized spacial score (nSPS) is 17.4. The third kappa shape index (κ3) is 2.38. The second-order valence-corrected chi connectivity index (χ2v) is 5.36. The van der Waals surface area contributed by atoms with E-state index in [1.54, 1.807) is 0 Å². The molecule has 1 fully saturated rings. The lowest BCUT2D eigenvalue weighted by Crippen LogP contribution is -2.68. The van der Waals surface area contributed by atoms with E-state index in [2.05, 4.69) is 11.9 Å². The van der Waals surface area contributed by atoms with Crippen LogP contribution in [0.25, 0.3) is 0 Å². The zero-order chi connectivity index (χ0) is 13.3. The van der Waals surface area contributed by atoms with Crippen LogP contribution in [0.3, 0.4) is 0 Å². The van der Waals surface area contributed by atoms with E-state index in [9.17, 15) is 4.79 Å². The molecule has 0 radical (unpaired) electrons. The van der Waals surface area contributed by atoms with Crippen molar-refractivity contribution in [3.05, 3.63) is 29.1 Å². The highest BCUT2D eigenvalue weighted by molar-refractivity contribution is 5.96. The number of hydrogen-bond donors (Lipinski definition) is 1. The predicted molar refractivity (Wildman–Crippen MR) is 71.4 cm³/mol. The number of carbonyl (C=O) groups excluding carboxylic acids is 1. The van der Waals surface area contributed by atoms with Gasteiger partial charge < -0.3 is 10.6 Å². The lowest BCUT2D eigenvalue weighted by molar-refractivity contribution is 0.0385. The Balaban J connectivity index is 2.06. The number of likely N-dealkylation sites (tertiary alicyclic amines) is 1. The van der Waals surface area contributed by atoms with Gasteiger partial charge in [0, 0.05) is 18.8 Å². The summed E-state index contributed by atoms with van der Waals surface area (Å²) < 4.78 is 0. The average Bonchev–Trinajstić information content (AvgIpc) is 2.25. The molecule has 1 aliphatic heterocycles. The van der Waals surface area contributed by atoms with Gasteiger partial charge in [0.2, 0.25) is 0 Å². The molecule has 0 saturated carbocycles. The zero-order valence-electron chi connectivity index (χ0n) is 11.4. The summed E-state index contributed by atoms with van der Waals surface area (Å²) in [7, 11) is 0. The Morgan fingerprint density at radius 3 is 2.67 bits per heavy atom. The fourth-order valence-electron chi connectivity index (χ4n) is 2.60. The van der Waals surface area contributed by atoms with Crippen LogP contribution in [-0.4, -0.2) is 34.4 Å². The number of rotatable bonds is 3. The van der Waals surface area contributed by atoms with Gasteiger partial charge in [0.1, 0.15) is 0 Å². The van der Waals surface area contributed by atoms with Crippen LogP contribution < -0.4 is 5.73 Å². The van der Waals surface area contributed by atoms with Gasteiger partial charge in [0.25, 0.3) is 5.91 Å². The van der Waals surface area contributed by atoms with Crippen LogP contribution >= 0.6 is 0 Å². The van der Waals surface area contributed by atoms with Crippen LogP contribution in [0.1, 0.15) is 41.5 Å². The van der Waals surface area contributed by atoms with Crippen molar-refractivity contribution in [1.29, 1.82) is 0 Å². The Bertz CT molecular complexity index is 464. The second kappa shape index (κ2) is 4.69. The SMILES string of the molecule is CCCC1(N)CN(C(=O)c2ccc(C)nc2C)C1. The molecule has 2 heterocycles. The molecule has 1 aromatic heterocycles. The molecule has 0 aromatic carbocycles. The van der Waals surface area contributed by atoms with Crippen LogP contribution in [0.2, 0.25) is 0 Å². The Morgan fingerprint density at radius 1 is 1.44 bits per heavy atom. The van der Waals surface area contributed by atoms with Crippen molar-refractivity contribution in [2.45, 2.75) is 39.2 Å². The van der Waals surface area contributed by atoms with E-state index in [4.69, 9.17) is 5.73 Å². The van der Waals surface area contributed by atoms with Gasteiger partial charge in [-0.3, -0.25) is 9.78 Å². The van der Waals surface area contributed by atoms with Crippen molar-refractivity contribution in [2.75, 3.05) is 13.1 Å². The highest BCUT2D eigenvalue weighted by Crippen LogP contribution is 2.25. The number of pyridine rings is 1. The molecular weight excluding hydrogens is 226 g/mol. The molecule has 1 amide bonds. The molecule has 0 unspecified atom stereocenters. The average molecular weight is 247 g/mol. The molecule has 18 heavy (non-hydrogen) atoms. The van der Waals surface area contributed by atoms with Crippen molar-refractivity contribution in [3.8, 4) is 0 Å². The molecule has 2 N–H and O–H groups in total. The summed E-state index contributed by atoms with van der Waals surface area (Å²) in [6.07, 6.45) is 2.03. The summed E-state index contributed by atoms with van der Waals surface area (Å²) in [6, 6.07) is 3.73. The smallest absolute Gasteiger partial charge is 0.255 e. The molecule has 2 rings (SSSR count). The van der Waals surface area contributed by atoms with Crippen molar-refractivity contribution < 1.29 is 4.79 Å². The minimum Gasteiger partial charge on any atom is -0.335 e. The third-order valence-corrected chi connectivity index (χ3v) is 3.50. The quantitative estimate of drug-likeness (QED) is 0.883. The minimum absolute atomic E-state index is 0.0529. The van der Waals surface area contributed by atoms with Crippen LogP contribution in [0.5, 0.6) is 0 Å². The van der Waals surface area contributed by atoms with Gasteiger partial charge in [0.05, 0.1) is 16.8 Å². The minimum atomic E-state index is -0.170. The van der Waals surface area contributed by atoms with Gasteiger partial charge >= 0.3 is 0 Å². The fraction of sp³-hybridized carbons (Fsp3) is 0.571. The standard InChI is InChI=1S/C14H21N3O/c1-4-7-14(15)8-17(9-14)13(18)12-6-5-10(2)16-11(12)3/h5-6H,4,7-9,15H2,1-3H3. The number of carbonyl (C=O) groups is 1. The van der Waals surface area contributed by atoms with E-state index >= 15 is 0 Å². The summed E-state index contributed by atoms with van der Waals surface area (Å²) in [6.45, 7) is 7.24. The monoisotopic (exact) mass is 247 g/mol. The van der Waals surface area contributed by atoms with E-state index < -0.39 is 0 Å². The van der Waals surface area contributed by atoms with Crippen molar-refractivity contribution in [2.24, 2.45) is 5.73 Å². The first kappa shape index (κ1) is 13.0. The van der Waals surface area contributed by atoms with Crippen LogP contribution in [-0.2, 0) is 0 Å². The van der Waals surface area contributed by atoms with E-state index in [0.29, 0.717) is 18.7 Å². The molecule has 4 heteroatoms. The van der Waals surface area contributed by atoms with E-state index in [1.165, 1.54) is 0 Å². The lowest BCUT2D eigenvalue weighted by atomic mass is 9.86. The first-order valence-corrected chi connectivity index (χ1v) is 6.47. The Morgan fingerprint density at radius 2 is 2.11 bits per heavy atom.